The van der Waals surface area contributed by atoms with E-state index in [0.717, 1.165) is 0 Å². The Bertz CT molecular complexity index is 704. The Balaban J connectivity index is 2.66. The van der Waals surface area contributed by atoms with Gasteiger partial charge in [-0.05, 0) is 31.9 Å². The minimum absolute atomic E-state index is 0.138. The van der Waals surface area contributed by atoms with Gasteiger partial charge in [0.25, 0.3) is 5.56 Å². The molecule has 0 atom stereocenters. The number of fused-ring (bicyclic) bond motifs is 1. The summed E-state index contributed by atoms with van der Waals surface area (Å²) >= 11 is 0. The molecule has 0 aromatic carbocycles. The molecule has 5 heteroatoms. The largest absolute Gasteiger partial charge is 0.462 e. The maximum atomic E-state index is 11.9. The van der Waals surface area contributed by atoms with Gasteiger partial charge in [-0.25, -0.2) is 4.79 Å². The van der Waals surface area contributed by atoms with Gasteiger partial charge in [0, 0.05) is 5.56 Å². The molecule has 0 radical (unpaired) electrons. The third-order valence-corrected chi connectivity index (χ3v) is 3.19. The minimum atomic E-state index is -0.404. The summed E-state index contributed by atoms with van der Waals surface area (Å²) in [7, 11) is 0. The van der Waals surface area contributed by atoms with Gasteiger partial charge in [0.15, 0.2) is 0 Å². The Morgan fingerprint density at radius 1 is 1.25 bits per heavy atom. The zero-order valence-electron chi connectivity index (χ0n) is 11.9. The van der Waals surface area contributed by atoms with Crippen molar-refractivity contribution in [3.05, 3.63) is 39.3 Å². The number of carbonyl (C=O) groups is 1. The summed E-state index contributed by atoms with van der Waals surface area (Å²) in [5.41, 5.74) is 2.92. The van der Waals surface area contributed by atoms with Crippen LogP contribution in [0, 0.1) is 0 Å². The molecule has 0 saturated heterocycles. The lowest BCUT2D eigenvalue weighted by Crippen LogP contribution is -2.14. The van der Waals surface area contributed by atoms with Crippen molar-refractivity contribution in [2.45, 2.75) is 33.6 Å². The van der Waals surface area contributed by atoms with Crippen molar-refractivity contribution in [3.63, 3.8) is 0 Å². The number of aryl methyl sites for hydroxylation is 2. The van der Waals surface area contributed by atoms with E-state index in [1.165, 1.54) is 0 Å². The molecule has 5 nitrogen and oxygen atoms in total. The molecule has 1 N–H and O–H groups in total. The highest BCUT2D eigenvalue weighted by Crippen LogP contribution is 2.16. The molecule has 0 saturated carbocycles. The fraction of sp³-hybridized carbons (Fsp3) is 0.400. The van der Waals surface area contributed by atoms with E-state index in [-0.39, 0.29) is 5.56 Å². The number of hydrogen-bond acceptors (Lipinski definition) is 4. The molecule has 0 bridgehead atoms. The molecule has 0 spiro atoms. The van der Waals surface area contributed by atoms with Crippen molar-refractivity contribution < 1.29 is 9.53 Å². The standard InChI is InChI=1S/C15H18N2O3/c1-4-9-7-12-13(17-14(9)18)8-10(11(5-2)16-12)15(19)20-6-3/h7-8H,4-6H2,1-3H3,(H,17,18). The van der Waals surface area contributed by atoms with Crippen LogP contribution in [0.5, 0.6) is 0 Å². The molecular formula is C15H18N2O3. The number of nitrogens with zero attached hydrogens (tertiary/aromatic N) is 1. The Morgan fingerprint density at radius 3 is 2.60 bits per heavy atom. The molecule has 2 aromatic heterocycles. The number of H-pyrrole nitrogens is 1. The molecule has 0 unspecified atom stereocenters. The number of ether oxygens (including phenoxy) is 1. The summed E-state index contributed by atoms with van der Waals surface area (Å²) in [6, 6.07) is 3.43. The first-order valence-electron chi connectivity index (χ1n) is 6.83. The lowest BCUT2D eigenvalue weighted by Gasteiger charge is -2.09. The Hall–Kier alpha value is -2.17. The highest BCUT2D eigenvalue weighted by molar-refractivity contribution is 5.94. The van der Waals surface area contributed by atoms with Crippen molar-refractivity contribution in [1.82, 2.24) is 9.97 Å². The Kier molecular flexibility index (Phi) is 4.17. The lowest BCUT2D eigenvalue weighted by atomic mass is 10.1. The molecule has 20 heavy (non-hydrogen) atoms. The zero-order chi connectivity index (χ0) is 14.7. The third kappa shape index (κ3) is 2.57. The number of aromatic amines is 1. The summed E-state index contributed by atoms with van der Waals surface area (Å²) in [5.74, 6) is -0.404. The monoisotopic (exact) mass is 274 g/mol. The van der Waals surface area contributed by atoms with E-state index in [9.17, 15) is 9.59 Å². The zero-order valence-corrected chi connectivity index (χ0v) is 11.9. The number of rotatable bonds is 4. The van der Waals surface area contributed by atoms with E-state index < -0.39 is 5.97 Å². The number of hydrogen-bond donors (Lipinski definition) is 1. The molecular weight excluding hydrogens is 256 g/mol. The van der Waals surface area contributed by atoms with Gasteiger partial charge in [-0.2, -0.15) is 0 Å². The van der Waals surface area contributed by atoms with Crippen molar-refractivity contribution >= 4 is 17.0 Å². The quantitative estimate of drug-likeness (QED) is 0.868. The van der Waals surface area contributed by atoms with Crippen LogP contribution in [0.2, 0.25) is 0 Å². The van der Waals surface area contributed by atoms with Crippen molar-refractivity contribution in [2.75, 3.05) is 6.61 Å². The predicted molar refractivity (Wildman–Crippen MR) is 77.1 cm³/mol. The van der Waals surface area contributed by atoms with E-state index in [4.69, 9.17) is 4.74 Å². The van der Waals surface area contributed by atoms with Crippen LogP contribution in [-0.4, -0.2) is 22.5 Å². The van der Waals surface area contributed by atoms with Crippen LogP contribution in [0.15, 0.2) is 16.9 Å². The van der Waals surface area contributed by atoms with Crippen LogP contribution in [0.25, 0.3) is 11.0 Å². The van der Waals surface area contributed by atoms with Crippen molar-refractivity contribution in [3.8, 4) is 0 Å². The molecule has 2 heterocycles. The molecule has 2 aromatic rings. The third-order valence-electron chi connectivity index (χ3n) is 3.19. The highest BCUT2D eigenvalue weighted by atomic mass is 16.5. The van der Waals surface area contributed by atoms with Gasteiger partial charge in [-0.15, -0.1) is 0 Å². The van der Waals surface area contributed by atoms with Gasteiger partial charge in [0.2, 0.25) is 0 Å². The van der Waals surface area contributed by atoms with Crippen LogP contribution >= 0.6 is 0 Å². The average Bonchev–Trinajstić information content (AvgIpc) is 2.45. The Morgan fingerprint density at radius 2 is 2.00 bits per heavy atom. The normalized spacial score (nSPS) is 10.8. The van der Waals surface area contributed by atoms with Gasteiger partial charge in [-0.3, -0.25) is 9.78 Å². The first kappa shape index (κ1) is 14.2. The SMILES string of the molecule is CCOC(=O)c1cc2[nH]c(=O)c(CC)cc2nc1CC. The number of carbonyl (C=O) groups excluding carboxylic acids is 1. The molecule has 2 rings (SSSR count). The van der Waals surface area contributed by atoms with Gasteiger partial charge < -0.3 is 9.72 Å². The summed E-state index contributed by atoms with van der Waals surface area (Å²) in [5, 5.41) is 0. The first-order chi connectivity index (χ1) is 9.60. The van der Waals surface area contributed by atoms with Gasteiger partial charge in [0.1, 0.15) is 0 Å². The van der Waals surface area contributed by atoms with Gasteiger partial charge in [0.05, 0.1) is 28.9 Å². The number of esters is 1. The molecule has 0 aliphatic carbocycles. The van der Waals surface area contributed by atoms with Gasteiger partial charge in [-0.1, -0.05) is 13.8 Å². The van der Waals surface area contributed by atoms with Crippen molar-refractivity contribution in [2.24, 2.45) is 0 Å². The van der Waals surface area contributed by atoms with E-state index in [1.807, 2.05) is 13.8 Å². The maximum Gasteiger partial charge on any atom is 0.340 e. The maximum absolute atomic E-state index is 11.9. The van der Waals surface area contributed by atoms with Gasteiger partial charge >= 0.3 is 5.97 Å². The Labute approximate surface area is 117 Å². The smallest absolute Gasteiger partial charge is 0.340 e. The summed E-state index contributed by atoms with van der Waals surface area (Å²) in [6.45, 7) is 5.92. The van der Waals surface area contributed by atoms with E-state index >= 15 is 0 Å². The van der Waals surface area contributed by atoms with Crippen molar-refractivity contribution in [1.29, 1.82) is 0 Å². The second kappa shape index (κ2) is 5.86. The lowest BCUT2D eigenvalue weighted by molar-refractivity contribution is 0.0524. The summed E-state index contributed by atoms with van der Waals surface area (Å²) < 4.78 is 5.02. The molecule has 0 amide bonds. The molecule has 0 aliphatic heterocycles. The number of aromatic nitrogens is 2. The molecule has 106 valence electrons. The fourth-order valence-electron chi connectivity index (χ4n) is 2.13. The number of nitrogens with one attached hydrogen (secondary N) is 1. The molecule has 0 aliphatic rings. The second-order valence-corrected chi connectivity index (χ2v) is 4.47. The van der Waals surface area contributed by atoms with Crippen LogP contribution in [0.4, 0.5) is 0 Å². The second-order valence-electron chi connectivity index (χ2n) is 4.47. The van der Waals surface area contributed by atoms with Crippen LogP contribution < -0.4 is 5.56 Å². The van der Waals surface area contributed by atoms with Crippen LogP contribution in [-0.2, 0) is 17.6 Å². The average molecular weight is 274 g/mol. The first-order valence-corrected chi connectivity index (χ1v) is 6.83. The molecule has 0 fully saturated rings. The summed E-state index contributed by atoms with van der Waals surface area (Å²) in [4.78, 5) is 31.0. The minimum Gasteiger partial charge on any atom is -0.462 e. The topological polar surface area (TPSA) is 72.1 Å². The van der Waals surface area contributed by atoms with Crippen LogP contribution in [0.1, 0.15) is 42.4 Å². The highest BCUT2D eigenvalue weighted by Gasteiger charge is 2.15. The predicted octanol–water partition coefficient (Wildman–Crippen LogP) is 2.22. The summed E-state index contributed by atoms with van der Waals surface area (Å²) in [6.07, 6.45) is 1.28. The fourth-order valence-corrected chi connectivity index (χ4v) is 2.13. The van der Waals surface area contributed by atoms with E-state index in [0.29, 0.717) is 47.3 Å². The van der Waals surface area contributed by atoms with E-state index in [2.05, 4.69) is 9.97 Å². The van der Waals surface area contributed by atoms with E-state index in [1.54, 1.807) is 19.1 Å². The number of pyridine rings is 2. The van der Waals surface area contributed by atoms with Crippen LogP contribution in [0.3, 0.4) is 0 Å².